The van der Waals surface area contributed by atoms with Crippen molar-refractivity contribution in [2.75, 3.05) is 6.54 Å². The van der Waals surface area contributed by atoms with Gasteiger partial charge in [0.25, 0.3) is 0 Å². The maximum atomic E-state index is 5.76. The molecule has 2 aromatic heterocycles. The third-order valence-electron chi connectivity index (χ3n) is 3.22. The summed E-state index contributed by atoms with van der Waals surface area (Å²) in [5, 5.41) is 12.7. The molecule has 3 aromatic rings. The zero-order valence-corrected chi connectivity index (χ0v) is 12.2. The van der Waals surface area contributed by atoms with E-state index in [1.807, 2.05) is 30.3 Å². The number of aromatic nitrogens is 3. The number of rotatable bonds is 5. The van der Waals surface area contributed by atoms with Gasteiger partial charge in [-0.1, -0.05) is 32.0 Å². The number of hydrogen-bond donors (Lipinski definition) is 1. The van der Waals surface area contributed by atoms with Gasteiger partial charge >= 0.3 is 0 Å². The van der Waals surface area contributed by atoms with Crippen LogP contribution in [-0.4, -0.2) is 27.8 Å². The van der Waals surface area contributed by atoms with Gasteiger partial charge in [-0.15, -0.1) is 10.2 Å². The summed E-state index contributed by atoms with van der Waals surface area (Å²) >= 11 is 0. The largest absolute Gasteiger partial charge is 0.421 e. The summed E-state index contributed by atoms with van der Waals surface area (Å²) in [5.41, 5.74) is 1.76. The van der Waals surface area contributed by atoms with Crippen molar-refractivity contribution >= 4 is 10.9 Å². The van der Waals surface area contributed by atoms with Crippen molar-refractivity contribution in [2.24, 2.45) is 0 Å². The smallest absolute Gasteiger partial charge is 0.249 e. The molecule has 21 heavy (non-hydrogen) atoms. The Bertz CT molecular complexity index is 730. The minimum atomic E-state index is 0.453. The van der Waals surface area contributed by atoms with E-state index in [1.165, 1.54) is 0 Å². The van der Waals surface area contributed by atoms with Crippen molar-refractivity contribution in [1.29, 1.82) is 0 Å². The molecule has 2 heterocycles. The van der Waals surface area contributed by atoms with E-state index in [4.69, 9.17) is 4.42 Å². The van der Waals surface area contributed by atoms with E-state index in [0.29, 0.717) is 17.8 Å². The van der Waals surface area contributed by atoms with Gasteiger partial charge < -0.3 is 9.73 Å². The van der Waals surface area contributed by atoms with Gasteiger partial charge in [0.2, 0.25) is 11.8 Å². The number of para-hydroxylation sites is 1. The molecule has 3 rings (SSSR count). The van der Waals surface area contributed by atoms with Crippen LogP contribution in [0.1, 0.15) is 19.7 Å². The van der Waals surface area contributed by atoms with Gasteiger partial charge in [0.05, 0.1) is 11.1 Å². The third kappa shape index (κ3) is 3.08. The van der Waals surface area contributed by atoms with Crippen LogP contribution in [0.2, 0.25) is 0 Å². The fourth-order valence-electron chi connectivity index (χ4n) is 2.21. The van der Waals surface area contributed by atoms with Crippen molar-refractivity contribution in [3.63, 3.8) is 0 Å². The Labute approximate surface area is 123 Å². The average molecular weight is 282 g/mol. The Morgan fingerprint density at radius 2 is 2.00 bits per heavy atom. The van der Waals surface area contributed by atoms with E-state index >= 15 is 0 Å². The number of nitrogens with zero attached hydrogens (tertiary/aromatic N) is 3. The molecule has 1 aromatic carbocycles. The minimum Gasteiger partial charge on any atom is -0.421 e. The first kappa shape index (κ1) is 13.7. The molecule has 0 aliphatic carbocycles. The topological polar surface area (TPSA) is 63.8 Å². The van der Waals surface area contributed by atoms with Crippen LogP contribution < -0.4 is 5.32 Å². The second-order valence-electron chi connectivity index (χ2n) is 5.24. The molecule has 0 radical (unpaired) electrons. The van der Waals surface area contributed by atoms with E-state index in [2.05, 4.69) is 34.3 Å². The van der Waals surface area contributed by atoms with Crippen LogP contribution in [0, 0.1) is 0 Å². The predicted octanol–water partition coefficient (Wildman–Crippen LogP) is 2.83. The van der Waals surface area contributed by atoms with Gasteiger partial charge in [0.1, 0.15) is 0 Å². The summed E-state index contributed by atoms with van der Waals surface area (Å²) < 4.78 is 5.76. The number of benzene rings is 1. The lowest BCUT2D eigenvalue weighted by atomic mass is 10.1. The van der Waals surface area contributed by atoms with Crippen LogP contribution in [0.3, 0.4) is 0 Å². The first-order valence-corrected chi connectivity index (χ1v) is 7.14. The molecule has 5 heteroatoms. The van der Waals surface area contributed by atoms with Crippen LogP contribution in [-0.2, 0) is 6.42 Å². The molecule has 1 N–H and O–H groups in total. The molecule has 0 saturated heterocycles. The zero-order valence-electron chi connectivity index (χ0n) is 12.2. The van der Waals surface area contributed by atoms with E-state index in [9.17, 15) is 0 Å². The normalized spacial score (nSPS) is 11.4. The van der Waals surface area contributed by atoms with Gasteiger partial charge in [0.15, 0.2) is 0 Å². The molecular formula is C16H18N4O. The van der Waals surface area contributed by atoms with Crippen LogP contribution in [0.5, 0.6) is 0 Å². The van der Waals surface area contributed by atoms with Crippen molar-refractivity contribution in [3.8, 4) is 11.5 Å². The van der Waals surface area contributed by atoms with E-state index in [-0.39, 0.29) is 0 Å². The second-order valence-corrected chi connectivity index (χ2v) is 5.24. The SMILES string of the molecule is CC(C)NCCc1nnc(-c2cccc3cccnc23)o1. The molecule has 0 unspecified atom stereocenters. The van der Waals surface area contributed by atoms with Crippen LogP contribution in [0.15, 0.2) is 40.9 Å². The van der Waals surface area contributed by atoms with Gasteiger partial charge in [-0.25, -0.2) is 0 Å². The molecule has 108 valence electrons. The number of pyridine rings is 1. The second kappa shape index (κ2) is 6.01. The Hall–Kier alpha value is -2.27. The lowest BCUT2D eigenvalue weighted by Gasteiger charge is -2.04. The molecule has 5 nitrogen and oxygen atoms in total. The highest BCUT2D eigenvalue weighted by Gasteiger charge is 2.12. The Morgan fingerprint density at radius 3 is 2.86 bits per heavy atom. The van der Waals surface area contributed by atoms with Crippen LogP contribution >= 0.6 is 0 Å². The molecule has 0 aliphatic heterocycles. The predicted molar refractivity (Wildman–Crippen MR) is 81.9 cm³/mol. The molecule has 0 amide bonds. The molecule has 0 fully saturated rings. The summed E-state index contributed by atoms with van der Waals surface area (Å²) in [7, 11) is 0. The summed E-state index contributed by atoms with van der Waals surface area (Å²) in [4.78, 5) is 4.41. The highest BCUT2D eigenvalue weighted by atomic mass is 16.4. The highest BCUT2D eigenvalue weighted by molar-refractivity contribution is 5.91. The van der Waals surface area contributed by atoms with Gasteiger partial charge in [0, 0.05) is 30.6 Å². The molecule has 0 saturated carbocycles. The van der Waals surface area contributed by atoms with Crippen LogP contribution in [0.4, 0.5) is 0 Å². The standard InChI is InChI=1S/C16H18N4O/c1-11(2)17-10-8-14-19-20-16(21-14)13-7-3-5-12-6-4-9-18-15(12)13/h3-7,9,11,17H,8,10H2,1-2H3. The van der Waals surface area contributed by atoms with Crippen LogP contribution in [0.25, 0.3) is 22.4 Å². The quantitative estimate of drug-likeness (QED) is 0.779. The van der Waals surface area contributed by atoms with Gasteiger partial charge in [-0.05, 0) is 12.1 Å². The zero-order chi connectivity index (χ0) is 14.7. The van der Waals surface area contributed by atoms with E-state index < -0.39 is 0 Å². The molecule has 0 aliphatic rings. The van der Waals surface area contributed by atoms with Crippen molar-refractivity contribution in [1.82, 2.24) is 20.5 Å². The average Bonchev–Trinajstić information content (AvgIpc) is 2.95. The monoisotopic (exact) mass is 282 g/mol. The molecular weight excluding hydrogens is 264 g/mol. The summed E-state index contributed by atoms with van der Waals surface area (Å²) in [6.45, 7) is 5.05. The van der Waals surface area contributed by atoms with Gasteiger partial charge in [-0.3, -0.25) is 4.98 Å². The Kier molecular flexibility index (Phi) is 3.92. The fourth-order valence-corrected chi connectivity index (χ4v) is 2.21. The maximum absolute atomic E-state index is 5.76. The third-order valence-corrected chi connectivity index (χ3v) is 3.22. The fraction of sp³-hybridized carbons (Fsp3) is 0.312. The number of fused-ring (bicyclic) bond motifs is 1. The first-order valence-electron chi connectivity index (χ1n) is 7.14. The van der Waals surface area contributed by atoms with Gasteiger partial charge in [-0.2, -0.15) is 0 Å². The van der Waals surface area contributed by atoms with E-state index in [1.54, 1.807) is 6.20 Å². The highest BCUT2D eigenvalue weighted by Crippen LogP contribution is 2.25. The lowest BCUT2D eigenvalue weighted by molar-refractivity contribution is 0.484. The summed E-state index contributed by atoms with van der Waals surface area (Å²) in [6.07, 6.45) is 2.50. The molecule has 0 spiro atoms. The van der Waals surface area contributed by atoms with E-state index in [0.717, 1.165) is 29.4 Å². The summed E-state index contributed by atoms with van der Waals surface area (Å²) in [6, 6.07) is 10.4. The maximum Gasteiger partial charge on any atom is 0.249 e. The molecule has 0 bridgehead atoms. The Balaban J connectivity index is 1.85. The van der Waals surface area contributed by atoms with Crippen molar-refractivity contribution in [3.05, 3.63) is 42.4 Å². The first-order chi connectivity index (χ1) is 10.2. The van der Waals surface area contributed by atoms with Crippen molar-refractivity contribution in [2.45, 2.75) is 26.3 Å². The lowest BCUT2D eigenvalue weighted by Crippen LogP contribution is -2.25. The van der Waals surface area contributed by atoms with Crippen molar-refractivity contribution < 1.29 is 4.42 Å². The minimum absolute atomic E-state index is 0.453. The Morgan fingerprint density at radius 1 is 1.14 bits per heavy atom. The molecule has 0 atom stereocenters. The number of nitrogens with one attached hydrogen (secondary N) is 1. The number of hydrogen-bond acceptors (Lipinski definition) is 5. The summed E-state index contributed by atoms with van der Waals surface area (Å²) in [5.74, 6) is 1.17.